The molecule has 1 saturated carbocycles. The molecule has 1 heterocycles. The van der Waals surface area contributed by atoms with Crippen LogP contribution in [0.3, 0.4) is 0 Å². The normalized spacial score (nSPS) is 17.7. The molecule has 100 valence electrons. The summed E-state index contributed by atoms with van der Waals surface area (Å²) in [6.45, 7) is 3.01. The second kappa shape index (κ2) is 5.83. The lowest BCUT2D eigenvalue weighted by atomic mass is 10.1. The third kappa shape index (κ3) is 2.91. The molecular formula is C14H22N2OS. The first-order valence-corrected chi connectivity index (χ1v) is 7.71. The molecule has 1 N–H and O–H groups in total. The number of aryl methyl sites for hydroxylation is 1. The van der Waals surface area contributed by atoms with Gasteiger partial charge in [0.05, 0.1) is 19.0 Å². The highest BCUT2D eigenvalue weighted by atomic mass is 32.2. The van der Waals surface area contributed by atoms with E-state index in [-0.39, 0.29) is 0 Å². The topological polar surface area (TPSA) is 34.1 Å². The zero-order valence-electron chi connectivity index (χ0n) is 11.5. The van der Waals surface area contributed by atoms with Crippen LogP contribution in [0.25, 0.3) is 0 Å². The first-order chi connectivity index (χ1) is 8.69. The van der Waals surface area contributed by atoms with Crippen LogP contribution in [0.1, 0.15) is 31.4 Å². The molecule has 0 radical (unpaired) electrons. The molecule has 0 aliphatic heterocycles. The van der Waals surface area contributed by atoms with Crippen LogP contribution in [0.4, 0.5) is 5.69 Å². The number of thioether (sulfide) groups is 1. The molecule has 2 rings (SSSR count). The first kappa shape index (κ1) is 13.5. The molecule has 0 aromatic carbocycles. The average molecular weight is 266 g/mol. The molecule has 0 saturated heterocycles. The molecule has 3 nitrogen and oxygen atoms in total. The Labute approximate surface area is 114 Å². The van der Waals surface area contributed by atoms with Gasteiger partial charge in [0.25, 0.3) is 0 Å². The number of rotatable bonds is 5. The van der Waals surface area contributed by atoms with Gasteiger partial charge in [-0.05, 0) is 32.1 Å². The van der Waals surface area contributed by atoms with Crippen molar-refractivity contribution in [1.29, 1.82) is 0 Å². The maximum absolute atomic E-state index is 5.35. The fourth-order valence-corrected chi connectivity index (χ4v) is 3.49. The molecule has 18 heavy (non-hydrogen) atoms. The molecule has 0 unspecified atom stereocenters. The fraction of sp³-hybridized carbons (Fsp3) is 0.643. The minimum atomic E-state index is 0.405. The van der Waals surface area contributed by atoms with Crippen molar-refractivity contribution in [2.45, 2.75) is 37.4 Å². The highest BCUT2D eigenvalue weighted by Gasteiger charge is 2.32. The van der Waals surface area contributed by atoms with E-state index in [0.29, 0.717) is 4.75 Å². The summed E-state index contributed by atoms with van der Waals surface area (Å²) in [7, 11) is 1.69. The summed E-state index contributed by atoms with van der Waals surface area (Å²) < 4.78 is 5.76. The van der Waals surface area contributed by atoms with E-state index in [4.69, 9.17) is 4.74 Å². The fourth-order valence-electron chi connectivity index (χ4n) is 2.58. The molecular weight excluding hydrogens is 244 g/mol. The lowest BCUT2D eigenvalue weighted by Crippen LogP contribution is -2.30. The molecule has 0 bridgehead atoms. The Kier molecular flexibility index (Phi) is 4.38. The van der Waals surface area contributed by atoms with Crippen molar-refractivity contribution in [3.05, 3.63) is 18.0 Å². The smallest absolute Gasteiger partial charge is 0.160 e. The highest BCUT2D eigenvalue weighted by Crippen LogP contribution is 2.40. The first-order valence-electron chi connectivity index (χ1n) is 6.49. The number of nitrogens with one attached hydrogen (secondary N) is 1. The van der Waals surface area contributed by atoms with Gasteiger partial charge in [0, 0.05) is 17.0 Å². The SMILES string of the molecule is COc1cnc(C)cc1NCC1(SC)CCCC1. The van der Waals surface area contributed by atoms with E-state index in [9.17, 15) is 0 Å². The third-order valence-electron chi connectivity index (χ3n) is 3.77. The number of hydrogen-bond donors (Lipinski definition) is 1. The summed E-state index contributed by atoms with van der Waals surface area (Å²) in [4.78, 5) is 4.26. The van der Waals surface area contributed by atoms with Crippen LogP contribution in [0.15, 0.2) is 12.3 Å². The zero-order valence-corrected chi connectivity index (χ0v) is 12.3. The average Bonchev–Trinajstić information content (AvgIpc) is 2.86. The maximum atomic E-state index is 5.35. The molecule has 1 fully saturated rings. The van der Waals surface area contributed by atoms with Gasteiger partial charge in [0.1, 0.15) is 0 Å². The molecule has 0 spiro atoms. The van der Waals surface area contributed by atoms with E-state index in [1.807, 2.05) is 18.7 Å². The van der Waals surface area contributed by atoms with Crippen molar-refractivity contribution in [2.75, 3.05) is 25.2 Å². The number of methoxy groups -OCH3 is 1. The van der Waals surface area contributed by atoms with Gasteiger partial charge in [0.2, 0.25) is 0 Å². The van der Waals surface area contributed by atoms with E-state index in [1.54, 1.807) is 13.3 Å². The lowest BCUT2D eigenvalue weighted by molar-refractivity contribution is 0.414. The van der Waals surface area contributed by atoms with Crippen molar-refractivity contribution in [2.24, 2.45) is 0 Å². The Morgan fingerprint density at radius 3 is 2.78 bits per heavy atom. The summed E-state index contributed by atoms with van der Waals surface area (Å²) >= 11 is 2.00. The number of hydrogen-bond acceptors (Lipinski definition) is 4. The van der Waals surface area contributed by atoms with Crippen LogP contribution in [0, 0.1) is 6.92 Å². The number of ether oxygens (including phenoxy) is 1. The summed E-state index contributed by atoms with van der Waals surface area (Å²) in [6.07, 6.45) is 9.35. The second-order valence-corrected chi connectivity index (χ2v) is 6.25. The van der Waals surface area contributed by atoms with Crippen molar-refractivity contribution in [3.8, 4) is 5.75 Å². The number of nitrogens with zero attached hydrogens (tertiary/aromatic N) is 1. The molecule has 1 aliphatic carbocycles. The van der Waals surface area contributed by atoms with Gasteiger partial charge in [-0.25, -0.2) is 0 Å². The quantitative estimate of drug-likeness (QED) is 0.884. The van der Waals surface area contributed by atoms with Crippen LogP contribution in [-0.4, -0.2) is 29.6 Å². The lowest BCUT2D eigenvalue weighted by Gasteiger charge is -2.28. The van der Waals surface area contributed by atoms with Gasteiger partial charge in [-0.2, -0.15) is 11.8 Å². The second-order valence-electron chi connectivity index (χ2n) is 4.97. The van der Waals surface area contributed by atoms with Crippen molar-refractivity contribution in [1.82, 2.24) is 4.98 Å². The Balaban J connectivity index is 2.07. The van der Waals surface area contributed by atoms with Gasteiger partial charge < -0.3 is 10.1 Å². The molecule has 0 atom stereocenters. The maximum Gasteiger partial charge on any atom is 0.160 e. The Hall–Kier alpha value is -0.900. The predicted octanol–water partition coefficient (Wildman–Crippen LogP) is 3.49. The summed E-state index contributed by atoms with van der Waals surface area (Å²) in [6, 6.07) is 2.06. The monoisotopic (exact) mass is 266 g/mol. The van der Waals surface area contributed by atoms with E-state index in [2.05, 4.69) is 22.6 Å². The zero-order chi connectivity index (χ0) is 13.0. The molecule has 1 aliphatic rings. The number of pyridine rings is 1. The molecule has 1 aromatic heterocycles. The molecule has 0 amide bonds. The van der Waals surface area contributed by atoms with Crippen molar-refractivity contribution in [3.63, 3.8) is 0 Å². The van der Waals surface area contributed by atoms with Crippen LogP contribution >= 0.6 is 11.8 Å². The van der Waals surface area contributed by atoms with Gasteiger partial charge in [-0.3, -0.25) is 4.98 Å². The third-order valence-corrected chi connectivity index (χ3v) is 5.19. The highest BCUT2D eigenvalue weighted by molar-refractivity contribution is 8.00. The van der Waals surface area contributed by atoms with Crippen LogP contribution in [0.5, 0.6) is 5.75 Å². The van der Waals surface area contributed by atoms with E-state index in [0.717, 1.165) is 23.7 Å². The Morgan fingerprint density at radius 2 is 2.17 bits per heavy atom. The molecule has 1 aromatic rings. The summed E-state index contributed by atoms with van der Waals surface area (Å²) in [5, 5.41) is 3.55. The van der Waals surface area contributed by atoms with Gasteiger partial charge in [-0.15, -0.1) is 0 Å². The largest absolute Gasteiger partial charge is 0.493 e. The summed E-state index contributed by atoms with van der Waals surface area (Å²) in [5.41, 5.74) is 2.08. The minimum Gasteiger partial charge on any atom is -0.493 e. The summed E-state index contributed by atoms with van der Waals surface area (Å²) in [5.74, 6) is 0.829. The van der Waals surface area contributed by atoms with Crippen molar-refractivity contribution >= 4 is 17.4 Å². The van der Waals surface area contributed by atoms with E-state index in [1.165, 1.54) is 25.7 Å². The van der Waals surface area contributed by atoms with E-state index >= 15 is 0 Å². The van der Waals surface area contributed by atoms with Crippen LogP contribution in [0.2, 0.25) is 0 Å². The minimum absolute atomic E-state index is 0.405. The Bertz CT molecular complexity index is 403. The molecule has 4 heteroatoms. The van der Waals surface area contributed by atoms with Crippen LogP contribution in [-0.2, 0) is 0 Å². The van der Waals surface area contributed by atoms with Gasteiger partial charge >= 0.3 is 0 Å². The standard InChI is InChI=1S/C14H22N2OS/c1-11-8-12(13(17-2)9-15-11)16-10-14(18-3)6-4-5-7-14/h8-9H,4-7,10H2,1-3H3,(H,15,16). The number of aromatic nitrogens is 1. The van der Waals surface area contributed by atoms with Crippen LogP contribution < -0.4 is 10.1 Å². The van der Waals surface area contributed by atoms with Gasteiger partial charge in [-0.1, -0.05) is 12.8 Å². The predicted molar refractivity (Wildman–Crippen MR) is 78.7 cm³/mol. The van der Waals surface area contributed by atoms with E-state index < -0.39 is 0 Å². The van der Waals surface area contributed by atoms with Gasteiger partial charge in [0.15, 0.2) is 5.75 Å². The Morgan fingerprint density at radius 1 is 1.44 bits per heavy atom. The number of anilines is 1. The van der Waals surface area contributed by atoms with Crippen molar-refractivity contribution < 1.29 is 4.74 Å².